The van der Waals surface area contributed by atoms with Gasteiger partial charge in [-0.2, -0.15) is 0 Å². The lowest BCUT2D eigenvalue weighted by atomic mass is 9.97. The highest BCUT2D eigenvalue weighted by Crippen LogP contribution is 2.21. The van der Waals surface area contributed by atoms with E-state index in [9.17, 15) is 9.90 Å². The highest BCUT2D eigenvalue weighted by molar-refractivity contribution is 5.77. The Balaban J connectivity index is 1.77. The third kappa shape index (κ3) is 4.82. The molecule has 1 heterocycles. The molecule has 122 valence electrons. The topological polar surface area (TPSA) is 52.6 Å². The summed E-state index contributed by atoms with van der Waals surface area (Å²) in [6.07, 6.45) is 1.36. The Kier molecular flexibility index (Phi) is 5.59. The van der Waals surface area contributed by atoms with Crippen molar-refractivity contribution >= 4 is 5.91 Å². The molecule has 2 N–H and O–H groups in total. The highest BCUT2D eigenvalue weighted by atomic mass is 16.3. The minimum atomic E-state index is -0.726. The second-order valence-electron chi connectivity index (χ2n) is 7.13. The zero-order valence-electron chi connectivity index (χ0n) is 13.9. The van der Waals surface area contributed by atoms with Gasteiger partial charge in [-0.15, -0.1) is 0 Å². The Morgan fingerprint density at radius 2 is 1.86 bits per heavy atom. The van der Waals surface area contributed by atoms with Crippen molar-refractivity contribution in [3.8, 4) is 0 Å². The summed E-state index contributed by atoms with van der Waals surface area (Å²) in [5, 5.41) is 13.2. The van der Waals surface area contributed by atoms with E-state index in [4.69, 9.17) is 0 Å². The molecule has 1 aromatic rings. The minimum absolute atomic E-state index is 0.0643. The van der Waals surface area contributed by atoms with Crippen LogP contribution >= 0.6 is 0 Å². The number of carbonyl (C=O) groups is 1. The quantitative estimate of drug-likeness (QED) is 0.898. The van der Waals surface area contributed by atoms with Gasteiger partial charge in [-0.05, 0) is 39.2 Å². The lowest BCUT2D eigenvalue weighted by Crippen LogP contribution is -2.50. The van der Waals surface area contributed by atoms with Gasteiger partial charge < -0.3 is 10.4 Å². The van der Waals surface area contributed by atoms with E-state index >= 15 is 0 Å². The number of aliphatic hydroxyl groups is 1. The van der Waals surface area contributed by atoms with E-state index < -0.39 is 6.10 Å². The first-order valence-electron chi connectivity index (χ1n) is 8.13. The van der Waals surface area contributed by atoms with Gasteiger partial charge in [0.05, 0.1) is 12.5 Å². The maximum Gasteiger partial charge on any atom is 0.223 e. The number of aliphatic hydroxyl groups excluding tert-OH is 1. The molecular formula is C18H28N2O2. The second kappa shape index (κ2) is 7.25. The first-order valence-corrected chi connectivity index (χ1v) is 8.13. The van der Waals surface area contributed by atoms with Crippen molar-refractivity contribution in [1.29, 1.82) is 0 Å². The average molecular weight is 304 g/mol. The van der Waals surface area contributed by atoms with Crippen LogP contribution in [0.4, 0.5) is 0 Å². The van der Waals surface area contributed by atoms with Crippen LogP contribution in [0.5, 0.6) is 0 Å². The van der Waals surface area contributed by atoms with Crippen LogP contribution in [0.25, 0.3) is 0 Å². The molecule has 22 heavy (non-hydrogen) atoms. The van der Waals surface area contributed by atoms with E-state index in [0.29, 0.717) is 0 Å². The molecule has 1 fully saturated rings. The van der Waals surface area contributed by atoms with Gasteiger partial charge in [0.25, 0.3) is 0 Å². The molecule has 1 saturated heterocycles. The molecule has 1 aromatic carbocycles. The van der Waals surface area contributed by atoms with Gasteiger partial charge in [-0.1, -0.05) is 30.3 Å². The number of piperidine rings is 1. The Morgan fingerprint density at radius 1 is 1.27 bits per heavy atom. The third-order valence-electron chi connectivity index (χ3n) is 4.37. The second-order valence-corrected chi connectivity index (χ2v) is 7.13. The maximum absolute atomic E-state index is 12.1. The number of nitrogens with zero attached hydrogens (tertiary/aromatic N) is 1. The fourth-order valence-corrected chi connectivity index (χ4v) is 2.95. The predicted molar refractivity (Wildman–Crippen MR) is 88.5 cm³/mol. The van der Waals surface area contributed by atoms with E-state index in [1.54, 1.807) is 0 Å². The van der Waals surface area contributed by atoms with Crippen molar-refractivity contribution in [2.75, 3.05) is 13.1 Å². The molecule has 2 rings (SSSR count). The smallest absolute Gasteiger partial charge is 0.223 e. The number of hydrogen-bond donors (Lipinski definition) is 2. The van der Waals surface area contributed by atoms with Crippen molar-refractivity contribution in [3.05, 3.63) is 35.9 Å². The van der Waals surface area contributed by atoms with Crippen LogP contribution in [0.1, 0.15) is 51.7 Å². The molecule has 1 aliphatic rings. The van der Waals surface area contributed by atoms with Crippen molar-refractivity contribution in [2.45, 2.75) is 57.7 Å². The van der Waals surface area contributed by atoms with Crippen LogP contribution in [0.3, 0.4) is 0 Å². The summed E-state index contributed by atoms with van der Waals surface area (Å²) < 4.78 is 0. The van der Waals surface area contributed by atoms with E-state index in [1.807, 2.05) is 30.3 Å². The molecule has 0 bridgehead atoms. The van der Waals surface area contributed by atoms with Crippen molar-refractivity contribution < 1.29 is 9.90 Å². The summed E-state index contributed by atoms with van der Waals surface area (Å²) in [5.41, 5.74) is 0.985. The van der Waals surface area contributed by atoms with Crippen LogP contribution in [0.2, 0.25) is 0 Å². The fourth-order valence-electron chi connectivity index (χ4n) is 2.95. The Bertz CT molecular complexity index is 474. The molecule has 4 nitrogen and oxygen atoms in total. The molecule has 0 radical (unpaired) electrons. The Morgan fingerprint density at radius 3 is 2.41 bits per heavy atom. The van der Waals surface area contributed by atoms with Gasteiger partial charge >= 0.3 is 0 Å². The molecule has 0 aliphatic carbocycles. The largest absolute Gasteiger partial charge is 0.388 e. The highest BCUT2D eigenvalue weighted by Gasteiger charge is 2.27. The molecule has 4 heteroatoms. The molecule has 0 aromatic heterocycles. The van der Waals surface area contributed by atoms with Gasteiger partial charge in [-0.25, -0.2) is 0 Å². The van der Waals surface area contributed by atoms with E-state index in [0.717, 1.165) is 31.5 Å². The molecule has 1 atom stereocenters. The zero-order chi connectivity index (χ0) is 16.2. The normalized spacial score (nSPS) is 18.9. The van der Waals surface area contributed by atoms with Gasteiger partial charge in [-0.3, -0.25) is 9.69 Å². The number of likely N-dealkylation sites (tertiary alicyclic amines) is 1. The fraction of sp³-hybridized carbons (Fsp3) is 0.611. The monoisotopic (exact) mass is 304 g/mol. The number of hydrogen-bond acceptors (Lipinski definition) is 3. The van der Waals surface area contributed by atoms with E-state index in [-0.39, 0.29) is 23.9 Å². The number of nitrogens with one attached hydrogen (secondary N) is 1. The molecule has 1 aliphatic heterocycles. The van der Waals surface area contributed by atoms with Gasteiger partial charge in [0.1, 0.15) is 0 Å². The van der Waals surface area contributed by atoms with Gasteiger partial charge in [0, 0.05) is 24.7 Å². The summed E-state index contributed by atoms with van der Waals surface area (Å²) >= 11 is 0. The summed E-state index contributed by atoms with van der Waals surface area (Å²) in [7, 11) is 0. The summed E-state index contributed by atoms with van der Waals surface area (Å²) in [6.45, 7) is 8.69. The van der Waals surface area contributed by atoms with Crippen LogP contribution in [-0.2, 0) is 4.79 Å². The number of benzene rings is 1. The molecule has 0 saturated carbocycles. The molecular weight excluding hydrogens is 276 g/mol. The number of rotatable bonds is 4. The minimum Gasteiger partial charge on any atom is -0.388 e. The number of carbonyl (C=O) groups excluding carboxylic acids is 1. The van der Waals surface area contributed by atoms with E-state index in [2.05, 4.69) is 31.0 Å². The molecule has 1 amide bonds. The van der Waals surface area contributed by atoms with Crippen molar-refractivity contribution in [3.63, 3.8) is 0 Å². The molecule has 0 spiro atoms. The number of amides is 1. The van der Waals surface area contributed by atoms with E-state index in [1.165, 1.54) is 0 Å². The first kappa shape index (κ1) is 17.0. The standard InChI is InChI=1S/C18H28N2O2/c1-18(2,3)20-11-9-15(10-12-20)19-17(22)13-16(21)14-7-5-4-6-8-14/h4-8,15-16,21H,9-13H2,1-3H3,(H,19,22). The van der Waals surface area contributed by atoms with Crippen LogP contribution < -0.4 is 5.32 Å². The Labute approximate surface area is 133 Å². The van der Waals surface area contributed by atoms with Crippen LogP contribution in [0.15, 0.2) is 30.3 Å². The summed E-state index contributed by atoms with van der Waals surface area (Å²) in [6, 6.07) is 9.57. The maximum atomic E-state index is 12.1. The van der Waals surface area contributed by atoms with Crippen LogP contribution in [0, 0.1) is 0 Å². The predicted octanol–water partition coefficient (Wildman–Crippen LogP) is 2.49. The lowest BCUT2D eigenvalue weighted by molar-refractivity contribution is -0.124. The molecule has 1 unspecified atom stereocenters. The lowest BCUT2D eigenvalue weighted by Gasteiger charge is -2.41. The first-order chi connectivity index (χ1) is 10.4. The van der Waals surface area contributed by atoms with Crippen molar-refractivity contribution in [2.24, 2.45) is 0 Å². The van der Waals surface area contributed by atoms with Crippen molar-refractivity contribution in [1.82, 2.24) is 10.2 Å². The average Bonchev–Trinajstić information content (AvgIpc) is 2.47. The Hall–Kier alpha value is -1.39. The van der Waals surface area contributed by atoms with Gasteiger partial charge in [0.2, 0.25) is 5.91 Å². The zero-order valence-corrected chi connectivity index (χ0v) is 13.9. The summed E-state index contributed by atoms with van der Waals surface area (Å²) in [4.78, 5) is 14.5. The third-order valence-corrected chi connectivity index (χ3v) is 4.37. The SMILES string of the molecule is CC(C)(C)N1CCC(NC(=O)CC(O)c2ccccc2)CC1. The van der Waals surface area contributed by atoms with Gasteiger partial charge in [0.15, 0.2) is 0 Å². The summed E-state index contributed by atoms with van der Waals surface area (Å²) in [5.74, 6) is -0.0643. The van der Waals surface area contributed by atoms with Crippen LogP contribution in [-0.4, -0.2) is 40.6 Å².